The highest BCUT2D eigenvalue weighted by Gasteiger charge is 2.08. The van der Waals surface area contributed by atoms with Gasteiger partial charge >= 0.3 is 5.97 Å². The number of carbonyl (C=O) groups is 1. The van der Waals surface area contributed by atoms with E-state index in [1.54, 1.807) is 19.2 Å². The minimum atomic E-state index is -0.834. The van der Waals surface area contributed by atoms with Gasteiger partial charge in [-0.2, -0.15) is 0 Å². The lowest BCUT2D eigenvalue weighted by atomic mass is 10.1. The average Bonchev–Trinajstić information content (AvgIpc) is 2.57. The normalized spacial score (nSPS) is 10.2. The Morgan fingerprint density at radius 2 is 1.83 bits per heavy atom. The highest BCUT2D eigenvalue weighted by Crippen LogP contribution is 2.26. The molecule has 0 aliphatic carbocycles. The Labute approximate surface area is 141 Å². The van der Waals surface area contributed by atoms with Gasteiger partial charge in [-0.25, -0.2) is 0 Å². The van der Waals surface area contributed by atoms with Crippen molar-refractivity contribution >= 4 is 5.97 Å². The molecule has 0 unspecified atom stereocenters. The molecule has 2 aromatic carbocycles. The Balaban J connectivity index is 1.93. The molecule has 2 aromatic rings. The Morgan fingerprint density at radius 1 is 1.04 bits per heavy atom. The lowest BCUT2D eigenvalue weighted by Gasteiger charge is -2.13. The predicted molar refractivity (Wildman–Crippen MR) is 91.1 cm³/mol. The van der Waals surface area contributed by atoms with Gasteiger partial charge in [-0.05, 0) is 42.7 Å². The highest BCUT2D eigenvalue weighted by atomic mass is 16.5. The number of hydrogen-bond acceptors (Lipinski definition) is 4. The molecular weight excluding hydrogens is 308 g/mol. The van der Waals surface area contributed by atoms with Crippen LogP contribution in [0.2, 0.25) is 0 Å². The fourth-order valence-corrected chi connectivity index (χ4v) is 2.26. The van der Waals surface area contributed by atoms with Gasteiger partial charge in [-0.3, -0.25) is 4.79 Å². The maximum absolute atomic E-state index is 10.8. The molecule has 2 rings (SSSR count). The number of carboxylic acid groups (broad SMARTS) is 1. The van der Waals surface area contributed by atoms with E-state index in [4.69, 9.17) is 19.3 Å². The zero-order chi connectivity index (χ0) is 17.4. The molecule has 0 atom stereocenters. The fourth-order valence-electron chi connectivity index (χ4n) is 2.26. The van der Waals surface area contributed by atoms with Crippen LogP contribution >= 0.6 is 0 Å². The molecule has 24 heavy (non-hydrogen) atoms. The van der Waals surface area contributed by atoms with Gasteiger partial charge in [0.15, 0.2) is 0 Å². The van der Waals surface area contributed by atoms with Crippen LogP contribution in [0.25, 0.3) is 0 Å². The quantitative estimate of drug-likeness (QED) is 0.713. The summed E-state index contributed by atoms with van der Waals surface area (Å²) >= 11 is 0. The SMILES string of the molecule is COc1ccc(CCC(=O)O)c(OCCOc2cccc(C)c2)c1. The van der Waals surface area contributed by atoms with Crippen LogP contribution in [-0.2, 0) is 11.2 Å². The minimum Gasteiger partial charge on any atom is -0.497 e. The standard InChI is InChI=1S/C19H22O5/c1-14-4-3-5-17(12-14)23-10-11-24-18-13-16(22-2)8-6-15(18)7-9-19(20)21/h3-6,8,12-13H,7,9-11H2,1-2H3,(H,20,21). The number of methoxy groups -OCH3 is 1. The summed E-state index contributed by atoms with van der Waals surface area (Å²) in [5.74, 6) is 1.27. The third-order valence-electron chi connectivity index (χ3n) is 3.48. The first-order valence-corrected chi connectivity index (χ1v) is 7.79. The first-order chi connectivity index (χ1) is 11.6. The van der Waals surface area contributed by atoms with E-state index in [1.807, 2.05) is 37.3 Å². The van der Waals surface area contributed by atoms with E-state index in [0.717, 1.165) is 16.9 Å². The number of benzene rings is 2. The van der Waals surface area contributed by atoms with Crippen molar-refractivity contribution in [2.45, 2.75) is 19.8 Å². The third-order valence-corrected chi connectivity index (χ3v) is 3.48. The minimum absolute atomic E-state index is 0.0580. The lowest BCUT2D eigenvalue weighted by Crippen LogP contribution is -2.10. The summed E-state index contributed by atoms with van der Waals surface area (Å²) in [5, 5.41) is 8.84. The van der Waals surface area contributed by atoms with Crippen molar-refractivity contribution in [2.24, 2.45) is 0 Å². The number of rotatable bonds is 9. The first-order valence-electron chi connectivity index (χ1n) is 7.79. The van der Waals surface area contributed by atoms with Gasteiger partial charge < -0.3 is 19.3 Å². The Hall–Kier alpha value is -2.69. The molecule has 128 valence electrons. The van der Waals surface area contributed by atoms with Crippen LogP contribution in [0.4, 0.5) is 0 Å². The Morgan fingerprint density at radius 3 is 2.54 bits per heavy atom. The van der Waals surface area contributed by atoms with Gasteiger partial charge in [-0.1, -0.05) is 18.2 Å². The van der Waals surface area contributed by atoms with E-state index < -0.39 is 5.97 Å². The van der Waals surface area contributed by atoms with Crippen molar-refractivity contribution in [3.05, 3.63) is 53.6 Å². The smallest absolute Gasteiger partial charge is 0.303 e. The number of aliphatic carboxylic acids is 1. The summed E-state index contributed by atoms with van der Waals surface area (Å²) in [6, 6.07) is 13.2. The molecule has 0 fully saturated rings. The summed E-state index contributed by atoms with van der Waals surface area (Å²) in [7, 11) is 1.58. The van der Waals surface area contributed by atoms with Crippen molar-refractivity contribution in [3.8, 4) is 17.2 Å². The molecule has 5 heteroatoms. The van der Waals surface area contributed by atoms with Gasteiger partial charge in [0.25, 0.3) is 0 Å². The van der Waals surface area contributed by atoms with Crippen LogP contribution in [-0.4, -0.2) is 31.4 Å². The van der Waals surface area contributed by atoms with Crippen LogP contribution in [0.15, 0.2) is 42.5 Å². The molecule has 0 amide bonds. The van der Waals surface area contributed by atoms with E-state index in [2.05, 4.69) is 0 Å². The Kier molecular flexibility index (Phi) is 6.49. The monoisotopic (exact) mass is 330 g/mol. The molecule has 0 radical (unpaired) electrons. The lowest BCUT2D eigenvalue weighted by molar-refractivity contribution is -0.136. The van der Waals surface area contributed by atoms with Crippen LogP contribution in [0.3, 0.4) is 0 Å². The zero-order valence-corrected chi connectivity index (χ0v) is 14.0. The van der Waals surface area contributed by atoms with Crippen LogP contribution in [0, 0.1) is 6.92 Å². The molecular formula is C19H22O5. The van der Waals surface area contributed by atoms with Crippen molar-refractivity contribution < 1.29 is 24.1 Å². The summed E-state index contributed by atoms with van der Waals surface area (Å²) in [6.07, 6.45) is 0.468. The second-order valence-corrected chi connectivity index (χ2v) is 5.38. The highest BCUT2D eigenvalue weighted by molar-refractivity contribution is 5.67. The van der Waals surface area contributed by atoms with Crippen LogP contribution in [0.1, 0.15) is 17.5 Å². The van der Waals surface area contributed by atoms with Gasteiger partial charge in [0, 0.05) is 12.5 Å². The first kappa shape index (κ1) is 17.7. The van der Waals surface area contributed by atoms with Gasteiger partial charge in [0.1, 0.15) is 30.5 Å². The second kappa shape index (κ2) is 8.82. The third kappa shape index (κ3) is 5.50. The molecule has 0 aliphatic rings. The van der Waals surface area contributed by atoms with E-state index in [-0.39, 0.29) is 6.42 Å². The molecule has 0 spiro atoms. The largest absolute Gasteiger partial charge is 0.497 e. The summed E-state index contributed by atoms with van der Waals surface area (Å²) < 4.78 is 16.6. The van der Waals surface area contributed by atoms with Crippen molar-refractivity contribution in [2.75, 3.05) is 20.3 Å². The molecule has 0 aromatic heterocycles. The Bertz CT molecular complexity index is 681. The average molecular weight is 330 g/mol. The second-order valence-electron chi connectivity index (χ2n) is 5.38. The molecule has 0 saturated heterocycles. The predicted octanol–water partition coefficient (Wildman–Crippen LogP) is 3.48. The summed E-state index contributed by atoms with van der Waals surface area (Å²) in [5.41, 5.74) is 1.98. The number of aryl methyl sites for hydroxylation is 2. The number of hydrogen-bond donors (Lipinski definition) is 1. The van der Waals surface area contributed by atoms with Gasteiger partial charge in [-0.15, -0.1) is 0 Å². The summed E-state index contributed by atoms with van der Waals surface area (Å²) in [4.78, 5) is 10.8. The number of carboxylic acids is 1. The van der Waals surface area contributed by atoms with Gasteiger partial charge in [0.2, 0.25) is 0 Å². The van der Waals surface area contributed by atoms with Crippen molar-refractivity contribution in [3.63, 3.8) is 0 Å². The zero-order valence-electron chi connectivity index (χ0n) is 14.0. The van der Waals surface area contributed by atoms with Crippen molar-refractivity contribution in [1.29, 1.82) is 0 Å². The molecule has 0 bridgehead atoms. The molecule has 5 nitrogen and oxygen atoms in total. The van der Waals surface area contributed by atoms with Crippen LogP contribution < -0.4 is 14.2 Å². The molecule has 0 saturated carbocycles. The fraction of sp³-hybridized carbons (Fsp3) is 0.316. The number of ether oxygens (including phenoxy) is 3. The van der Waals surface area contributed by atoms with E-state index in [9.17, 15) is 4.79 Å². The summed E-state index contributed by atoms with van der Waals surface area (Å²) in [6.45, 7) is 2.77. The maximum Gasteiger partial charge on any atom is 0.303 e. The van der Waals surface area contributed by atoms with Crippen molar-refractivity contribution in [1.82, 2.24) is 0 Å². The molecule has 0 heterocycles. The van der Waals surface area contributed by atoms with Crippen LogP contribution in [0.5, 0.6) is 17.2 Å². The van der Waals surface area contributed by atoms with E-state index in [0.29, 0.717) is 31.1 Å². The maximum atomic E-state index is 10.8. The van der Waals surface area contributed by atoms with E-state index >= 15 is 0 Å². The molecule has 1 N–H and O–H groups in total. The molecule has 0 aliphatic heterocycles. The topological polar surface area (TPSA) is 65.0 Å². The van der Waals surface area contributed by atoms with E-state index in [1.165, 1.54) is 0 Å². The van der Waals surface area contributed by atoms with Gasteiger partial charge in [0.05, 0.1) is 7.11 Å².